The smallest absolute Gasteiger partial charge is 0.324 e. The Morgan fingerprint density at radius 2 is 1.65 bits per heavy atom. The molecule has 0 unspecified atom stereocenters. The first-order valence-corrected chi connectivity index (χ1v) is 22.0. The summed E-state index contributed by atoms with van der Waals surface area (Å²) in [4.78, 5) is 25.2. The second-order valence-electron chi connectivity index (χ2n) is 15.8. The number of amides is 2. The van der Waals surface area contributed by atoms with Crippen LogP contribution in [-0.4, -0.2) is 83.5 Å². The van der Waals surface area contributed by atoms with Crippen LogP contribution in [0.25, 0.3) is 16.5 Å². The normalized spacial score (nSPS) is 13.7. The highest BCUT2D eigenvalue weighted by molar-refractivity contribution is 7.61. The SMILES string of the molecule is CC(C)(C)c1cc(NC(=O)Nc2ccc(Oc3ccnc(Cc4cccc(OCCN5CCOCC5)c4)n3)c3ccccc23)n(-c2cccc(CP(C)(C)=O)c2)n1. The van der Waals surface area contributed by atoms with E-state index in [1.165, 1.54) is 0 Å². The number of ether oxygens (including phenoxy) is 3. The van der Waals surface area contributed by atoms with E-state index in [-0.39, 0.29) is 5.41 Å². The van der Waals surface area contributed by atoms with E-state index < -0.39 is 13.2 Å². The molecule has 0 bridgehead atoms. The van der Waals surface area contributed by atoms with Crippen LogP contribution in [0, 0.1) is 0 Å². The maximum Gasteiger partial charge on any atom is 0.324 e. The van der Waals surface area contributed by atoms with Crippen LogP contribution < -0.4 is 20.1 Å². The zero-order valence-corrected chi connectivity index (χ0v) is 34.1. The molecule has 0 aliphatic carbocycles. The van der Waals surface area contributed by atoms with Crippen LogP contribution in [0.1, 0.15) is 43.4 Å². The zero-order chi connectivity index (χ0) is 40.0. The molecule has 4 aromatic carbocycles. The van der Waals surface area contributed by atoms with Gasteiger partial charge in [-0.2, -0.15) is 10.1 Å². The Hall–Kier alpha value is -5.55. The number of hydrogen-bond acceptors (Lipinski definition) is 9. The molecule has 1 aliphatic heterocycles. The van der Waals surface area contributed by atoms with Crippen molar-refractivity contribution in [3.05, 3.63) is 126 Å². The molecule has 296 valence electrons. The third-order valence-corrected chi connectivity index (χ3v) is 10.6. The summed E-state index contributed by atoms with van der Waals surface area (Å²) in [5.41, 5.74) is 3.91. The summed E-state index contributed by atoms with van der Waals surface area (Å²) in [6.07, 6.45) is 2.68. The summed E-state index contributed by atoms with van der Waals surface area (Å²) in [6.45, 7) is 14.7. The number of nitrogens with zero attached hydrogens (tertiary/aromatic N) is 5. The highest BCUT2D eigenvalue weighted by Crippen LogP contribution is 2.41. The van der Waals surface area contributed by atoms with Crippen LogP contribution >= 0.6 is 7.14 Å². The molecule has 12 nitrogen and oxygen atoms in total. The second kappa shape index (κ2) is 17.3. The molecule has 2 amide bonds. The van der Waals surface area contributed by atoms with Crippen LogP contribution in [0.4, 0.5) is 16.3 Å². The van der Waals surface area contributed by atoms with Crippen LogP contribution in [0.2, 0.25) is 0 Å². The van der Waals surface area contributed by atoms with E-state index in [0.29, 0.717) is 48.1 Å². The minimum atomic E-state index is -2.29. The highest BCUT2D eigenvalue weighted by Gasteiger charge is 2.23. The van der Waals surface area contributed by atoms with Gasteiger partial charge in [-0.25, -0.2) is 14.5 Å². The molecule has 0 atom stereocenters. The number of rotatable bonds is 13. The van der Waals surface area contributed by atoms with Gasteiger partial charge in [0.1, 0.15) is 29.7 Å². The van der Waals surface area contributed by atoms with Gasteiger partial charge >= 0.3 is 6.03 Å². The van der Waals surface area contributed by atoms with Gasteiger partial charge in [0, 0.05) is 66.7 Å². The van der Waals surface area contributed by atoms with Gasteiger partial charge in [0.2, 0.25) is 5.88 Å². The number of carbonyl (C=O) groups is 1. The number of urea groups is 1. The fraction of sp³-hybridized carbons (Fsp3) is 0.318. The topological polar surface area (TPSA) is 133 Å². The Labute approximate surface area is 334 Å². The van der Waals surface area contributed by atoms with Gasteiger partial charge in [-0.1, -0.05) is 69.3 Å². The first-order chi connectivity index (χ1) is 27.4. The van der Waals surface area contributed by atoms with Crippen LogP contribution in [0.5, 0.6) is 17.4 Å². The van der Waals surface area contributed by atoms with E-state index in [4.69, 9.17) is 24.3 Å². The summed E-state index contributed by atoms with van der Waals surface area (Å²) in [5, 5.41) is 12.5. The lowest BCUT2D eigenvalue weighted by molar-refractivity contribution is 0.0322. The molecule has 0 spiro atoms. The van der Waals surface area contributed by atoms with Crippen molar-refractivity contribution in [2.45, 2.75) is 38.8 Å². The molecule has 1 fully saturated rings. The molecule has 2 aromatic heterocycles. The third kappa shape index (κ3) is 10.7. The first-order valence-electron chi connectivity index (χ1n) is 19.2. The van der Waals surface area contributed by atoms with Crippen molar-refractivity contribution in [2.24, 2.45) is 0 Å². The van der Waals surface area contributed by atoms with Crippen molar-refractivity contribution >= 4 is 35.5 Å². The summed E-state index contributed by atoms with van der Waals surface area (Å²) in [5.74, 6) is 2.95. The van der Waals surface area contributed by atoms with Gasteiger partial charge in [-0.05, 0) is 60.9 Å². The lowest BCUT2D eigenvalue weighted by atomic mass is 9.92. The number of carbonyl (C=O) groups excluding carboxylic acids is 1. The summed E-state index contributed by atoms with van der Waals surface area (Å²) in [6, 6.07) is 30.4. The lowest BCUT2D eigenvalue weighted by Gasteiger charge is -2.26. The first kappa shape index (κ1) is 39.7. The molecule has 57 heavy (non-hydrogen) atoms. The number of fused-ring (bicyclic) bond motifs is 1. The molecule has 0 saturated carbocycles. The van der Waals surface area contributed by atoms with Gasteiger partial charge in [-0.15, -0.1) is 0 Å². The number of aromatic nitrogens is 4. The van der Waals surface area contributed by atoms with E-state index >= 15 is 0 Å². The maximum absolute atomic E-state index is 13.7. The molecule has 0 radical (unpaired) electrons. The van der Waals surface area contributed by atoms with Gasteiger partial charge in [0.05, 0.1) is 37.4 Å². The minimum Gasteiger partial charge on any atom is -0.492 e. The predicted molar refractivity (Wildman–Crippen MR) is 226 cm³/mol. The molecule has 7 rings (SSSR count). The Bertz CT molecular complexity index is 2400. The van der Waals surface area contributed by atoms with E-state index in [1.807, 2.05) is 91.0 Å². The van der Waals surface area contributed by atoms with Crippen molar-refractivity contribution < 1.29 is 23.6 Å². The highest BCUT2D eigenvalue weighted by atomic mass is 31.2. The lowest BCUT2D eigenvalue weighted by Crippen LogP contribution is -2.38. The average molecular weight is 788 g/mol. The van der Waals surface area contributed by atoms with Crippen molar-refractivity contribution in [1.82, 2.24) is 24.6 Å². The molecule has 13 heteroatoms. The zero-order valence-electron chi connectivity index (χ0n) is 33.2. The van der Waals surface area contributed by atoms with Crippen molar-refractivity contribution in [1.29, 1.82) is 0 Å². The molecule has 1 aliphatic rings. The maximum atomic E-state index is 13.7. The van der Waals surface area contributed by atoms with Gasteiger partial charge in [0.15, 0.2) is 0 Å². The fourth-order valence-electron chi connectivity index (χ4n) is 6.68. The molecular weight excluding hydrogens is 738 g/mol. The second-order valence-corrected chi connectivity index (χ2v) is 19.2. The van der Waals surface area contributed by atoms with E-state index in [1.54, 1.807) is 30.3 Å². The standard InChI is InChI=1S/C44H50N7O5P/c1-44(2,3)39-29-41(51(49-39)33-12-8-11-32(26-33)30-57(4,5)53)48-43(52)46-37-16-17-38(36-15-7-6-14-35(36)37)56-42-18-19-45-40(47-42)28-31-10-9-13-34(27-31)55-25-22-50-20-23-54-24-21-50/h6-19,26-27,29H,20-25,28,30H2,1-5H3,(H2,46,48,52). The largest absolute Gasteiger partial charge is 0.492 e. The number of hydrogen-bond donors (Lipinski definition) is 2. The molecule has 3 heterocycles. The Morgan fingerprint density at radius 3 is 2.44 bits per heavy atom. The molecular formula is C44H50N7O5P. The minimum absolute atomic E-state index is 0.266. The average Bonchev–Trinajstić information content (AvgIpc) is 3.60. The Balaban J connectivity index is 1.04. The quantitative estimate of drug-likeness (QED) is 0.110. The third-order valence-electron chi connectivity index (χ3n) is 9.51. The molecule has 6 aromatic rings. The van der Waals surface area contributed by atoms with E-state index in [0.717, 1.165) is 71.9 Å². The summed E-state index contributed by atoms with van der Waals surface area (Å²) in [7, 11) is -2.29. The number of morpholine rings is 1. The summed E-state index contributed by atoms with van der Waals surface area (Å²) < 4.78 is 32.2. The van der Waals surface area contributed by atoms with Crippen molar-refractivity contribution in [3.8, 4) is 23.1 Å². The van der Waals surface area contributed by atoms with Gasteiger partial charge in [0.25, 0.3) is 0 Å². The molecule has 1 saturated heterocycles. The number of benzene rings is 4. The van der Waals surface area contributed by atoms with Crippen LogP contribution in [0.3, 0.4) is 0 Å². The van der Waals surface area contributed by atoms with Crippen LogP contribution in [0.15, 0.2) is 103 Å². The van der Waals surface area contributed by atoms with Gasteiger partial charge in [-0.3, -0.25) is 10.2 Å². The van der Waals surface area contributed by atoms with Crippen molar-refractivity contribution in [3.63, 3.8) is 0 Å². The Kier molecular flexibility index (Phi) is 12.0. The Morgan fingerprint density at radius 1 is 0.877 bits per heavy atom. The fourth-order valence-corrected chi connectivity index (χ4v) is 7.76. The van der Waals surface area contributed by atoms with E-state index in [9.17, 15) is 9.36 Å². The van der Waals surface area contributed by atoms with E-state index in [2.05, 4.69) is 41.3 Å². The van der Waals surface area contributed by atoms with Crippen LogP contribution in [-0.2, 0) is 27.3 Å². The number of nitrogens with one attached hydrogen (secondary N) is 2. The van der Waals surface area contributed by atoms with Gasteiger partial charge < -0.3 is 24.1 Å². The monoisotopic (exact) mass is 787 g/mol. The predicted octanol–water partition coefficient (Wildman–Crippen LogP) is 8.97. The number of anilines is 2. The van der Waals surface area contributed by atoms with Crippen molar-refractivity contribution in [2.75, 3.05) is 63.4 Å². The molecule has 2 N–H and O–H groups in total. The summed E-state index contributed by atoms with van der Waals surface area (Å²) >= 11 is 0.